The van der Waals surface area contributed by atoms with Crippen LogP contribution in [-0.2, 0) is 0 Å². The summed E-state index contributed by atoms with van der Waals surface area (Å²) in [5, 5.41) is 0. The van der Waals surface area contributed by atoms with Gasteiger partial charge in [-0.1, -0.05) is 40.0 Å². The Morgan fingerprint density at radius 1 is 0.895 bits per heavy atom. The van der Waals surface area contributed by atoms with Gasteiger partial charge in [0.2, 0.25) is 0 Å². The molecule has 0 radical (unpaired) electrons. The Morgan fingerprint density at radius 3 is 2.58 bits per heavy atom. The van der Waals surface area contributed by atoms with Crippen LogP contribution in [0, 0.1) is 46.8 Å². The largest absolute Gasteiger partial charge is 0.0622 e. The van der Waals surface area contributed by atoms with Gasteiger partial charge in [-0.05, 0) is 78.9 Å². The van der Waals surface area contributed by atoms with E-state index in [0.717, 1.165) is 41.4 Å². The molecule has 0 amide bonds. The number of rotatable bonds is 0. The quantitative estimate of drug-likeness (QED) is 0.538. The first kappa shape index (κ1) is 12.7. The Labute approximate surface area is 119 Å². The van der Waals surface area contributed by atoms with E-state index in [2.05, 4.69) is 20.8 Å². The topological polar surface area (TPSA) is 0 Å². The van der Waals surface area contributed by atoms with Gasteiger partial charge in [0.25, 0.3) is 0 Å². The first-order valence-corrected chi connectivity index (χ1v) is 9.11. The van der Waals surface area contributed by atoms with Gasteiger partial charge in [0.1, 0.15) is 0 Å². The summed E-state index contributed by atoms with van der Waals surface area (Å²) in [7, 11) is 0. The molecule has 0 bridgehead atoms. The summed E-state index contributed by atoms with van der Waals surface area (Å²) < 4.78 is 0. The van der Waals surface area contributed by atoms with Crippen LogP contribution in [0.3, 0.4) is 0 Å². The highest BCUT2D eigenvalue weighted by Gasteiger charge is 2.60. The van der Waals surface area contributed by atoms with E-state index in [1.165, 1.54) is 19.3 Å². The highest BCUT2D eigenvalue weighted by Crippen LogP contribution is 2.67. The van der Waals surface area contributed by atoms with E-state index in [0.29, 0.717) is 5.41 Å². The van der Waals surface area contributed by atoms with Crippen molar-refractivity contribution in [3.05, 3.63) is 0 Å². The standard InChI is InChI=1S/C19H32/c1-12-5-4-6-14-9-10-19(3)13(2)7-8-15-11-16(12)17(14)18(15)19/h12-18H,4-11H2,1-3H3. The molecule has 0 heteroatoms. The third-order valence-corrected chi connectivity index (χ3v) is 8.41. The second kappa shape index (κ2) is 4.25. The zero-order chi connectivity index (χ0) is 13.2. The molecule has 4 rings (SSSR count). The van der Waals surface area contributed by atoms with E-state index >= 15 is 0 Å². The molecule has 4 aliphatic carbocycles. The zero-order valence-electron chi connectivity index (χ0n) is 13.2. The van der Waals surface area contributed by atoms with Gasteiger partial charge in [0.15, 0.2) is 0 Å². The Kier molecular flexibility index (Phi) is 2.84. The average Bonchev–Trinajstić information content (AvgIpc) is 2.72. The monoisotopic (exact) mass is 260 g/mol. The second-order valence-electron chi connectivity index (χ2n) is 8.95. The first-order chi connectivity index (χ1) is 9.11. The molecule has 4 saturated carbocycles. The highest BCUT2D eigenvalue weighted by molar-refractivity contribution is 5.09. The third-order valence-electron chi connectivity index (χ3n) is 8.41. The summed E-state index contributed by atoms with van der Waals surface area (Å²) >= 11 is 0. The fraction of sp³-hybridized carbons (Fsp3) is 1.00. The Balaban J connectivity index is 1.75. The third kappa shape index (κ3) is 1.64. The molecule has 0 aromatic rings. The van der Waals surface area contributed by atoms with Gasteiger partial charge in [0.05, 0.1) is 0 Å². The molecule has 0 nitrogen and oxygen atoms in total. The van der Waals surface area contributed by atoms with E-state index < -0.39 is 0 Å². The normalized spacial score (nSPS) is 60.5. The molecule has 8 unspecified atom stereocenters. The van der Waals surface area contributed by atoms with E-state index in [1.54, 1.807) is 32.1 Å². The Morgan fingerprint density at radius 2 is 1.74 bits per heavy atom. The summed E-state index contributed by atoms with van der Waals surface area (Å²) in [4.78, 5) is 0. The molecular weight excluding hydrogens is 228 g/mol. The first-order valence-electron chi connectivity index (χ1n) is 9.11. The lowest BCUT2D eigenvalue weighted by molar-refractivity contribution is -0.0678. The predicted octanol–water partition coefficient (Wildman–Crippen LogP) is 5.52. The Hall–Kier alpha value is 0. The molecule has 0 aromatic carbocycles. The molecule has 0 heterocycles. The van der Waals surface area contributed by atoms with Crippen LogP contribution in [0.5, 0.6) is 0 Å². The molecule has 0 aliphatic heterocycles. The van der Waals surface area contributed by atoms with Crippen molar-refractivity contribution in [1.29, 1.82) is 0 Å². The van der Waals surface area contributed by atoms with Gasteiger partial charge in [-0.15, -0.1) is 0 Å². The minimum absolute atomic E-state index is 0.711. The lowest BCUT2D eigenvalue weighted by atomic mass is 9.49. The van der Waals surface area contributed by atoms with Crippen LogP contribution >= 0.6 is 0 Å². The molecule has 8 atom stereocenters. The minimum atomic E-state index is 0.711. The van der Waals surface area contributed by atoms with E-state index in [1.807, 2.05) is 0 Å². The van der Waals surface area contributed by atoms with Gasteiger partial charge in [-0.25, -0.2) is 0 Å². The summed E-state index contributed by atoms with van der Waals surface area (Å²) in [5.41, 5.74) is 0.711. The lowest BCUT2D eigenvalue weighted by Crippen LogP contribution is -2.48. The fourth-order valence-corrected chi connectivity index (χ4v) is 7.24. The molecule has 0 N–H and O–H groups in total. The SMILES string of the molecule is CC1CCCC2CCC3(C)C(C)CCC4CC1C2C43. The predicted molar refractivity (Wildman–Crippen MR) is 80.8 cm³/mol. The van der Waals surface area contributed by atoms with Gasteiger partial charge in [-0.3, -0.25) is 0 Å². The maximum Gasteiger partial charge on any atom is -0.0266 e. The minimum Gasteiger partial charge on any atom is -0.0622 e. The fourth-order valence-electron chi connectivity index (χ4n) is 7.24. The van der Waals surface area contributed by atoms with E-state index in [-0.39, 0.29) is 0 Å². The molecule has 4 aliphatic rings. The van der Waals surface area contributed by atoms with Gasteiger partial charge < -0.3 is 0 Å². The van der Waals surface area contributed by atoms with E-state index in [9.17, 15) is 0 Å². The molecule has 0 saturated heterocycles. The number of hydrogen-bond acceptors (Lipinski definition) is 0. The zero-order valence-corrected chi connectivity index (χ0v) is 13.2. The lowest BCUT2D eigenvalue weighted by Gasteiger charge is -2.55. The summed E-state index contributed by atoms with van der Waals surface area (Å²) in [5.74, 6) is 7.59. The van der Waals surface area contributed by atoms with Crippen LogP contribution in [0.1, 0.15) is 72.1 Å². The van der Waals surface area contributed by atoms with Crippen molar-refractivity contribution in [2.45, 2.75) is 72.1 Å². The Bertz CT molecular complexity index is 359. The molecule has 4 fully saturated rings. The molecule has 108 valence electrons. The van der Waals surface area contributed by atoms with Crippen molar-refractivity contribution < 1.29 is 0 Å². The molecule has 19 heavy (non-hydrogen) atoms. The summed E-state index contributed by atoms with van der Waals surface area (Å²) in [6.07, 6.45) is 12.4. The van der Waals surface area contributed by atoms with Crippen molar-refractivity contribution in [2.24, 2.45) is 46.8 Å². The van der Waals surface area contributed by atoms with Crippen molar-refractivity contribution in [1.82, 2.24) is 0 Å². The van der Waals surface area contributed by atoms with Crippen LogP contribution in [0.4, 0.5) is 0 Å². The van der Waals surface area contributed by atoms with Gasteiger partial charge in [-0.2, -0.15) is 0 Å². The van der Waals surface area contributed by atoms with Crippen LogP contribution in [-0.4, -0.2) is 0 Å². The molecular formula is C19H32. The van der Waals surface area contributed by atoms with Crippen molar-refractivity contribution in [2.75, 3.05) is 0 Å². The van der Waals surface area contributed by atoms with Crippen molar-refractivity contribution in [3.8, 4) is 0 Å². The van der Waals surface area contributed by atoms with Crippen molar-refractivity contribution >= 4 is 0 Å². The second-order valence-corrected chi connectivity index (χ2v) is 8.95. The van der Waals surface area contributed by atoms with Crippen LogP contribution in [0.15, 0.2) is 0 Å². The number of hydrogen-bond donors (Lipinski definition) is 0. The van der Waals surface area contributed by atoms with Crippen LogP contribution in [0.2, 0.25) is 0 Å². The van der Waals surface area contributed by atoms with Crippen molar-refractivity contribution in [3.63, 3.8) is 0 Å². The van der Waals surface area contributed by atoms with Gasteiger partial charge >= 0.3 is 0 Å². The maximum absolute atomic E-state index is 2.68. The highest BCUT2D eigenvalue weighted by atomic mass is 14.6. The summed E-state index contributed by atoms with van der Waals surface area (Å²) in [6.45, 7) is 7.84. The smallest absolute Gasteiger partial charge is 0.0266 e. The van der Waals surface area contributed by atoms with E-state index in [4.69, 9.17) is 0 Å². The summed E-state index contributed by atoms with van der Waals surface area (Å²) in [6, 6.07) is 0. The maximum atomic E-state index is 2.68. The van der Waals surface area contributed by atoms with Gasteiger partial charge in [0, 0.05) is 0 Å². The average molecular weight is 260 g/mol. The van der Waals surface area contributed by atoms with Crippen LogP contribution < -0.4 is 0 Å². The van der Waals surface area contributed by atoms with Crippen LogP contribution in [0.25, 0.3) is 0 Å². The molecule has 0 aromatic heterocycles. The molecule has 0 spiro atoms.